The predicted molar refractivity (Wildman–Crippen MR) is 206 cm³/mol. The van der Waals surface area contributed by atoms with Crippen LogP contribution in [0, 0.1) is 5.92 Å². The van der Waals surface area contributed by atoms with Gasteiger partial charge in [0.15, 0.2) is 0 Å². The zero-order chi connectivity index (χ0) is 37.4. The number of morpholine rings is 1. The number of amides is 1. The number of carbonyl (C=O) groups excluding carboxylic acids is 1. The van der Waals surface area contributed by atoms with Crippen LogP contribution in [0.1, 0.15) is 113 Å². The van der Waals surface area contributed by atoms with Crippen molar-refractivity contribution in [3.05, 3.63) is 53.1 Å². The zero-order valence-corrected chi connectivity index (χ0v) is 33.2. The average Bonchev–Trinajstić information content (AvgIpc) is 3.65. The van der Waals surface area contributed by atoms with E-state index in [4.69, 9.17) is 9.47 Å². The highest BCUT2D eigenvalue weighted by Gasteiger charge is 2.68. The van der Waals surface area contributed by atoms with E-state index >= 15 is 0 Å². The molecule has 3 atom stereocenters. The molecular weight excluding hydrogens is 701 g/mol. The Morgan fingerprint density at radius 1 is 0.904 bits per heavy atom. The molecule has 2 saturated heterocycles. The smallest absolute Gasteiger partial charge is 0.304 e. The van der Waals surface area contributed by atoms with E-state index in [2.05, 4.69) is 22.3 Å². The molecule has 11 nitrogen and oxygen atoms in total. The van der Waals surface area contributed by atoms with Crippen molar-refractivity contribution in [3.63, 3.8) is 0 Å². The molecule has 2 saturated carbocycles. The lowest BCUT2D eigenvalue weighted by Gasteiger charge is -2.26. The van der Waals surface area contributed by atoms with Crippen molar-refractivity contribution in [2.45, 2.75) is 103 Å². The first-order chi connectivity index (χ1) is 25.0. The van der Waals surface area contributed by atoms with Crippen molar-refractivity contribution < 1.29 is 31.1 Å². The normalized spacial score (nSPS) is 25.0. The number of hydrogen-bond acceptors (Lipinski definition) is 7. The van der Waals surface area contributed by atoms with Gasteiger partial charge in [-0.3, -0.25) is 4.79 Å². The summed E-state index contributed by atoms with van der Waals surface area (Å²) in [5, 5.41) is 0.993. The Balaban J connectivity index is 0.00000112. The fourth-order valence-electron chi connectivity index (χ4n) is 8.83. The molecule has 3 aliphatic heterocycles. The molecule has 1 aromatic heterocycles. The highest BCUT2D eigenvalue weighted by molar-refractivity contribution is 7.91. The Morgan fingerprint density at radius 3 is 2.27 bits per heavy atom. The minimum atomic E-state index is -4.06. The summed E-state index contributed by atoms with van der Waals surface area (Å²) in [7, 11) is -6.12. The van der Waals surface area contributed by atoms with Crippen LogP contribution in [0.2, 0.25) is 0 Å². The molecule has 4 heterocycles. The lowest BCUT2D eigenvalue weighted by molar-refractivity contribution is 0.0719. The predicted octanol–water partition coefficient (Wildman–Crippen LogP) is 6.64. The van der Waals surface area contributed by atoms with E-state index in [1.165, 1.54) is 16.3 Å². The van der Waals surface area contributed by atoms with Crippen LogP contribution in [0.15, 0.2) is 36.4 Å². The number of rotatable bonds is 7. The number of ether oxygens (including phenoxy) is 2. The summed E-state index contributed by atoms with van der Waals surface area (Å²) in [6.45, 7) is 12.3. The summed E-state index contributed by atoms with van der Waals surface area (Å²) in [5.41, 5.74) is 5.21. The van der Waals surface area contributed by atoms with Gasteiger partial charge in [0.25, 0.3) is 5.91 Å². The fraction of sp³-hybridized carbons (Fsp3) is 0.615. The third-order valence-electron chi connectivity index (χ3n) is 11.5. The van der Waals surface area contributed by atoms with Crippen LogP contribution < -0.4 is 9.46 Å². The second-order valence-corrected chi connectivity index (χ2v) is 18.3. The number of fused-ring (bicyclic) bond motifs is 7. The monoisotopic (exact) mass is 756 g/mol. The number of nitrogens with zero attached hydrogens (tertiary/aromatic N) is 3. The number of carbonyl (C=O) groups is 1. The second-order valence-electron chi connectivity index (χ2n) is 14.4. The summed E-state index contributed by atoms with van der Waals surface area (Å²) < 4.78 is 72.9. The summed E-state index contributed by atoms with van der Waals surface area (Å²) in [6, 6.07) is 11.5. The standard InChI is InChI=1S/C35H44N4O7S2.2C2H6/c1-23-12-13-38(21-23)47(41,42)35-20-30(35)29-19-26(45-2)9-11-27(29)33-32(24-6-4-3-5-7-24)28-10-8-25(18-31(28)39(33)22-35)34(40)36-48(43,44)37-14-16-46-17-15-37;2*1-2/h8-11,18-19,23-24,30H,3-7,12-17,20-22H2,1-2H3,(H,36,40);2*1-2H3. The summed E-state index contributed by atoms with van der Waals surface area (Å²) in [5.74, 6) is 0.390. The number of benzene rings is 2. The van der Waals surface area contributed by atoms with Gasteiger partial charge in [0.2, 0.25) is 10.0 Å². The molecule has 13 heteroatoms. The van der Waals surface area contributed by atoms with Crippen LogP contribution in [0.5, 0.6) is 5.75 Å². The minimum absolute atomic E-state index is 0.177. The Bertz CT molecular complexity index is 2000. The largest absolute Gasteiger partial charge is 0.497 e. The molecule has 2 aliphatic carbocycles. The molecule has 1 amide bonds. The van der Waals surface area contributed by atoms with Gasteiger partial charge in [-0.05, 0) is 79.0 Å². The van der Waals surface area contributed by atoms with E-state index in [0.29, 0.717) is 31.2 Å². The first-order valence-electron chi connectivity index (χ1n) is 19.3. The molecule has 5 aliphatic rings. The maximum absolute atomic E-state index is 14.7. The van der Waals surface area contributed by atoms with Gasteiger partial charge in [-0.15, -0.1) is 0 Å². The molecule has 8 rings (SSSR count). The van der Waals surface area contributed by atoms with Gasteiger partial charge in [0.1, 0.15) is 10.5 Å². The fourth-order valence-corrected chi connectivity index (χ4v) is 12.4. The zero-order valence-electron chi connectivity index (χ0n) is 31.6. The number of sulfonamides is 1. The molecule has 0 bridgehead atoms. The number of nitrogens with one attached hydrogen (secondary N) is 1. The Morgan fingerprint density at radius 2 is 1.62 bits per heavy atom. The third-order valence-corrected chi connectivity index (χ3v) is 15.6. The van der Waals surface area contributed by atoms with Crippen LogP contribution in [0.25, 0.3) is 22.2 Å². The van der Waals surface area contributed by atoms with Crippen LogP contribution in [0.3, 0.4) is 0 Å². The van der Waals surface area contributed by atoms with Gasteiger partial charge in [0.05, 0.1) is 26.0 Å². The molecule has 1 N–H and O–H groups in total. The van der Waals surface area contributed by atoms with Gasteiger partial charge in [0, 0.05) is 60.7 Å². The van der Waals surface area contributed by atoms with E-state index in [9.17, 15) is 21.6 Å². The first-order valence-corrected chi connectivity index (χ1v) is 22.2. The van der Waals surface area contributed by atoms with E-state index in [-0.39, 0.29) is 50.2 Å². The van der Waals surface area contributed by atoms with Crippen molar-refractivity contribution in [3.8, 4) is 17.0 Å². The lowest BCUT2D eigenvalue weighted by Crippen LogP contribution is -2.48. The lowest BCUT2D eigenvalue weighted by atomic mass is 9.81. The van der Waals surface area contributed by atoms with Crippen molar-refractivity contribution in [2.75, 3.05) is 46.5 Å². The van der Waals surface area contributed by atoms with E-state index in [1.807, 2.05) is 45.9 Å². The highest BCUT2D eigenvalue weighted by Crippen LogP contribution is 2.64. The quantitative estimate of drug-likeness (QED) is 0.287. The van der Waals surface area contributed by atoms with E-state index in [0.717, 1.165) is 59.8 Å². The van der Waals surface area contributed by atoms with Crippen molar-refractivity contribution in [1.29, 1.82) is 0 Å². The molecule has 4 fully saturated rings. The summed E-state index contributed by atoms with van der Waals surface area (Å²) in [6.07, 6.45) is 6.88. The molecule has 52 heavy (non-hydrogen) atoms. The molecule has 2 aromatic carbocycles. The van der Waals surface area contributed by atoms with Gasteiger partial charge in [-0.25, -0.2) is 17.4 Å². The second kappa shape index (κ2) is 15.4. The number of aromatic nitrogens is 1. The Hall–Kier alpha value is -2.97. The molecule has 0 radical (unpaired) electrons. The van der Waals surface area contributed by atoms with Gasteiger partial charge >= 0.3 is 10.2 Å². The molecule has 3 aromatic rings. The molecule has 286 valence electrons. The highest BCUT2D eigenvalue weighted by atomic mass is 32.2. The molecule has 0 spiro atoms. The van der Waals surface area contributed by atoms with E-state index in [1.54, 1.807) is 23.5 Å². The van der Waals surface area contributed by atoms with Crippen molar-refractivity contribution in [2.24, 2.45) is 5.92 Å². The van der Waals surface area contributed by atoms with E-state index < -0.39 is 30.9 Å². The molecule has 3 unspecified atom stereocenters. The SMILES string of the molecule is CC.CC.COc1ccc2c(c1)C1CC1(S(=O)(=O)N1CCC(C)C1)Cn1c-2c(C2CCCCC2)c2ccc(C(=O)NS(=O)(=O)N3CCOCC3)cc21. The van der Waals surface area contributed by atoms with Crippen molar-refractivity contribution in [1.82, 2.24) is 17.9 Å². The van der Waals surface area contributed by atoms with Crippen LogP contribution in [-0.4, -0.2) is 87.2 Å². The van der Waals surface area contributed by atoms with Crippen LogP contribution >= 0.6 is 0 Å². The summed E-state index contributed by atoms with van der Waals surface area (Å²) >= 11 is 0. The van der Waals surface area contributed by atoms with Crippen LogP contribution in [-0.2, 0) is 31.5 Å². The topological polar surface area (TPSA) is 127 Å². The number of methoxy groups -OCH3 is 1. The Kier molecular flexibility index (Phi) is 11.5. The maximum atomic E-state index is 14.7. The van der Waals surface area contributed by atoms with Crippen molar-refractivity contribution >= 4 is 37.0 Å². The minimum Gasteiger partial charge on any atom is -0.497 e. The summed E-state index contributed by atoms with van der Waals surface area (Å²) in [4.78, 5) is 13.6. The van der Waals surface area contributed by atoms with Gasteiger partial charge in [-0.1, -0.05) is 59.9 Å². The average molecular weight is 757 g/mol. The third kappa shape index (κ3) is 6.69. The van der Waals surface area contributed by atoms with Gasteiger partial charge < -0.3 is 14.0 Å². The maximum Gasteiger partial charge on any atom is 0.304 e. The Labute approximate surface area is 310 Å². The number of hydrogen-bond donors (Lipinski definition) is 1. The van der Waals surface area contributed by atoms with Crippen LogP contribution in [0.4, 0.5) is 0 Å². The molecular formula is C39H56N4O7S2. The van der Waals surface area contributed by atoms with Gasteiger partial charge in [-0.2, -0.15) is 12.7 Å². The first kappa shape index (κ1) is 38.7.